The Morgan fingerprint density at radius 2 is 1.54 bits per heavy atom. The molecule has 0 aromatic heterocycles. The summed E-state index contributed by atoms with van der Waals surface area (Å²) in [6, 6.07) is 0. The van der Waals surface area contributed by atoms with E-state index in [1.165, 1.54) is 0 Å². The molecule has 0 amide bonds. The molecular weight excluding hydrogens is 164 g/mol. The summed E-state index contributed by atoms with van der Waals surface area (Å²) >= 11 is 0. The third kappa shape index (κ3) is 4.57. The zero-order valence-electron chi connectivity index (χ0n) is 8.68. The van der Waals surface area contributed by atoms with Crippen LogP contribution in [0.2, 0.25) is 0 Å². The average Bonchev–Trinajstić information content (AvgIpc) is 2.20. The van der Waals surface area contributed by atoms with E-state index in [-0.39, 0.29) is 5.54 Å². The molecule has 0 bridgehead atoms. The Balaban J connectivity index is 3.97. The Morgan fingerprint density at radius 3 is 1.77 bits per heavy atom. The zero-order chi connectivity index (χ0) is 10.2. The summed E-state index contributed by atoms with van der Waals surface area (Å²) in [5.41, 5.74) is 13.9. The lowest BCUT2D eigenvalue weighted by molar-refractivity contribution is 0.264. The fourth-order valence-corrected chi connectivity index (χ4v) is 1.61. The maximum absolute atomic E-state index is 5.57. The van der Waals surface area contributed by atoms with Crippen LogP contribution >= 0.6 is 0 Å². The van der Waals surface area contributed by atoms with Crippen molar-refractivity contribution in [3.05, 3.63) is 0 Å². The van der Waals surface area contributed by atoms with E-state index in [0.29, 0.717) is 0 Å². The number of hydrogen-bond acceptors (Lipinski definition) is 4. The zero-order valence-corrected chi connectivity index (χ0v) is 8.68. The van der Waals surface area contributed by atoms with Crippen molar-refractivity contribution in [1.29, 1.82) is 0 Å². The van der Waals surface area contributed by atoms with Gasteiger partial charge in [0.25, 0.3) is 0 Å². The van der Waals surface area contributed by atoms with Gasteiger partial charge in [0.1, 0.15) is 0 Å². The summed E-state index contributed by atoms with van der Waals surface area (Å²) in [4.78, 5) is 0. The molecule has 0 aliphatic heterocycles. The summed E-state index contributed by atoms with van der Waals surface area (Å²) in [7, 11) is 0. The fraction of sp³-hybridized carbons (Fsp3) is 1.00. The van der Waals surface area contributed by atoms with Gasteiger partial charge in [-0.25, -0.2) is 0 Å². The molecule has 4 heteroatoms. The van der Waals surface area contributed by atoms with Crippen molar-refractivity contribution < 1.29 is 0 Å². The second-order valence-corrected chi connectivity index (χ2v) is 3.56. The maximum atomic E-state index is 5.57. The lowest BCUT2D eigenvalue weighted by Gasteiger charge is -2.32. The van der Waals surface area contributed by atoms with Gasteiger partial charge in [0.05, 0.1) is 0 Å². The highest BCUT2D eigenvalue weighted by Gasteiger charge is 2.24. The number of nitrogens with two attached hydrogens (primary N) is 3. The summed E-state index contributed by atoms with van der Waals surface area (Å²) in [5, 5.41) is 0. The van der Waals surface area contributed by atoms with Gasteiger partial charge in [0.2, 0.25) is 0 Å². The van der Waals surface area contributed by atoms with Crippen molar-refractivity contribution in [3.63, 3.8) is 0 Å². The van der Waals surface area contributed by atoms with Crippen molar-refractivity contribution in [2.45, 2.75) is 44.6 Å². The summed E-state index contributed by atoms with van der Waals surface area (Å²) < 4.78 is 0. The van der Waals surface area contributed by atoms with Crippen molar-refractivity contribution in [3.8, 4) is 0 Å². The van der Waals surface area contributed by atoms with Gasteiger partial charge in [-0.2, -0.15) is 0 Å². The van der Waals surface area contributed by atoms with E-state index < -0.39 is 0 Å². The van der Waals surface area contributed by atoms with Crippen LogP contribution in [-0.2, 0) is 0 Å². The average molecular weight is 188 g/mol. The molecule has 0 unspecified atom stereocenters. The molecule has 0 fully saturated rings. The van der Waals surface area contributed by atoms with Crippen LogP contribution in [0.3, 0.4) is 0 Å². The van der Waals surface area contributed by atoms with Crippen molar-refractivity contribution >= 4 is 0 Å². The molecule has 4 nitrogen and oxygen atoms in total. The highest BCUT2D eigenvalue weighted by molar-refractivity contribution is 4.84. The van der Waals surface area contributed by atoms with E-state index in [4.69, 9.17) is 17.3 Å². The van der Waals surface area contributed by atoms with Crippen LogP contribution in [0.1, 0.15) is 39.0 Å². The van der Waals surface area contributed by atoms with Crippen molar-refractivity contribution in [1.82, 2.24) is 5.43 Å². The van der Waals surface area contributed by atoms with Crippen LogP contribution in [0.4, 0.5) is 0 Å². The monoisotopic (exact) mass is 188 g/mol. The third-order valence-electron chi connectivity index (χ3n) is 2.70. The van der Waals surface area contributed by atoms with Gasteiger partial charge in [0.15, 0.2) is 0 Å². The largest absolute Gasteiger partial charge is 0.330 e. The predicted molar refractivity (Wildman–Crippen MR) is 56.9 cm³/mol. The molecule has 0 saturated carbocycles. The van der Waals surface area contributed by atoms with Gasteiger partial charge in [0, 0.05) is 5.54 Å². The highest BCUT2D eigenvalue weighted by Crippen LogP contribution is 2.21. The quantitative estimate of drug-likeness (QED) is 0.321. The third-order valence-corrected chi connectivity index (χ3v) is 2.70. The van der Waals surface area contributed by atoms with Gasteiger partial charge in [-0.1, -0.05) is 6.92 Å². The van der Waals surface area contributed by atoms with Crippen LogP contribution < -0.4 is 22.7 Å². The lowest BCUT2D eigenvalue weighted by Crippen LogP contribution is -2.49. The first-order chi connectivity index (χ1) is 6.24. The molecule has 13 heavy (non-hydrogen) atoms. The molecular formula is C9H24N4. The summed E-state index contributed by atoms with van der Waals surface area (Å²) in [6.45, 7) is 3.60. The van der Waals surface area contributed by atoms with E-state index in [2.05, 4.69) is 12.3 Å². The fourth-order valence-electron chi connectivity index (χ4n) is 1.61. The van der Waals surface area contributed by atoms with E-state index in [1.54, 1.807) is 0 Å². The Bertz CT molecular complexity index is 102. The molecule has 0 aromatic rings. The first-order valence-corrected chi connectivity index (χ1v) is 5.12. The number of nitrogens with one attached hydrogen (secondary N) is 1. The first kappa shape index (κ1) is 12.8. The van der Waals surface area contributed by atoms with Crippen molar-refractivity contribution in [2.75, 3.05) is 13.1 Å². The standard InChI is InChI=1S/C9H24N4/c1-2-9(13-12,5-3-7-10)6-4-8-11/h13H,2-8,10-12H2,1H3. The van der Waals surface area contributed by atoms with Gasteiger partial charge in [-0.3, -0.25) is 11.3 Å². The molecule has 0 rings (SSSR count). The molecule has 0 spiro atoms. The lowest BCUT2D eigenvalue weighted by atomic mass is 9.86. The Labute approximate surface area is 81.2 Å². The van der Waals surface area contributed by atoms with E-state index >= 15 is 0 Å². The van der Waals surface area contributed by atoms with Gasteiger partial charge in [-0.05, 0) is 45.2 Å². The second kappa shape index (κ2) is 7.26. The summed E-state index contributed by atoms with van der Waals surface area (Å²) in [6.07, 6.45) is 5.14. The topological polar surface area (TPSA) is 90.1 Å². The maximum Gasteiger partial charge on any atom is 0.0319 e. The van der Waals surface area contributed by atoms with E-state index in [1.807, 2.05) is 0 Å². The van der Waals surface area contributed by atoms with Gasteiger partial charge in [-0.15, -0.1) is 0 Å². The SMILES string of the molecule is CCC(CCCN)(CCCN)NN. The predicted octanol–water partition coefficient (Wildman–Crippen LogP) is 0.0763. The second-order valence-electron chi connectivity index (χ2n) is 3.56. The molecule has 0 aliphatic carbocycles. The number of rotatable bonds is 8. The van der Waals surface area contributed by atoms with Crippen LogP contribution in [-0.4, -0.2) is 18.6 Å². The molecule has 0 heterocycles. The Kier molecular flexibility index (Phi) is 7.17. The van der Waals surface area contributed by atoms with E-state index in [0.717, 1.165) is 45.2 Å². The minimum absolute atomic E-state index is 0.0543. The molecule has 0 radical (unpaired) electrons. The Morgan fingerprint density at radius 1 is 1.08 bits per heavy atom. The smallest absolute Gasteiger partial charge is 0.0319 e. The first-order valence-electron chi connectivity index (χ1n) is 5.12. The molecule has 0 aromatic carbocycles. The van der Waals surface area contributed by atoms with Crippen LogP contribution in [0.15, 0.2) is 0 Å². The molecule has 0 saturated heterocycles. The molecule has 7 N–H and O–H groups in total. The molecule has 0 atom stereocenters. The highest BCUT2D eigenvalue weighted by atomic mass is 15.3. The van der Waals surface area contributed by atoms with E-state index in [9.17, 15) is 0 Å². The Hall–Kier alpha value is -0.160. The van der Waals surface area contributed by atoms with Crippen LogP contribution in [0.25, 0.3) is 0 Å². The summed E-state index contributed by atoms with van der Waals surface area (Å²) in [5.74, 6) is 5.57. The minimum Gasteiger partial charge on any atom is -0.330 e. The number of hydrazine groups is 1. The van der Waals surface area contributed by atoms with Crippen LogP contribution in [0, 0.1) is 0 Å². The van der Waals surface area contributed by atoms with Gasteiger partial charge < -0.3 is 11.5 Å². The molecule has 0 aliphatic rings. The van der Waals surface area contributed by atoms with Crippen LogP contribution in [0.5, 0.6) is 0 Å². The molecule has 80 valence electrons. The van der Waals surface area contributed by atoms with Gasteiger partial charge >= 0.3 is 0 Å². The van der Waals surface area contributed by atoms with Crippen molar-refractivity contribution in [2.24, 2.45) is 17.3 Å². The minimum atomic E-state index is 0.0543. The normalized spacial score (nSPS) is 12.0. The number of hydrogen-bond donors (Lipinski definition) is 4.